The van der Waals surface area contributed by atoms with Gasteiger partial charge in [0.15, 0.2) is 12.1 Å². The first-order valence-corrected chi connectivity index (χ1v) is 8.67. The van der Waals surface area contributed by atoms with Crippen LogP contribution in [0.1, 0.15) is 16.7 Å². The number of imide groups is 1. The summed E-state index contributed by atoms with van der Waals surface area (Å²) < 4.78 is 0. The molecule has 7 heteroatoms. The topological polar surface area (TPSA) is 65.3 Å². The Balaban J connectivity index is 1.72. The monoisotopic (exact) mass is 368 g/mol. The largest absolute Gasteiger partial charge is 0.271 e. The van der Waals surface area contributed by atoms with E-state index in [-0.39, 0.29) is 11.8 Å². The molecule has 0 aliphatic carbocycles. The first kappa shape index (κ1) is 16.7. The number of fused-ring (bicyclic) bond motifs is 1. The van der Waals surface area contributed by atoms with Crippen molar-refractivity contribution in [3.8, 4) is 0 Å². The van der Waals surface area contributed by atoms with E-state index in [1.165, 1.54) is 9.91 Å². The van der Waals surface area contributed by atoms with Crippen LogP contribution in [-0.4, -0.2) is 23.9 Å². The summed E-state index contributed by atoms with van der Waals surface area (Å²) in [5.74, 6) is -0.679. The lowest BCUT2D eigenvalue weighted by molar-refractivity contribution is -0.121. The highest BCUT2D eigenvalue weighted by Crippen LogP contribution is 2.36. The van der Waals surface area contributed by atoms with Crippen molar-refractivity contribution in [2.45, 2.75) is 32.9 Å². The van der Waals surface area contributed by atoms with Crippen LogP contribution in [0.3, 0.4) is 0 Å². The maximum Gasteiger partial charge on any atom is 0.263 e. The number of anilines is 2. The Morgan fingerprint density at radius 1 is 0.923 bits per heavy atom. The molecule has 2 aromatic rings. The zero-order chi connectivity index (χ0) is 18.6. The third-order valence-electron chi connectivity index (χ3n) is 4.67. The van der Waals surface area contributed by atoms with Gasteiger partial charge in [-0.15, -0.1) is 0 Å². The van der Waals surface area contributed by atoms with Gasteiger partial charge in [-0.3, -0.25) is 9.59 Å². The van der Waals surface area contributed by atoms with Crippen molar-refractivity contribution in [3.05, 3.63) is 58.1 Å². The first-order valence-electron chi connectivity index (χ1n) is 8.29. The van der Waals surface area contributed by atoms with Gasteiger partial charge < -0.3 is 0 Å². The molecule has 2 aromatic carbocycles. The molecule has 1 fully saturated rings. The lowest BCUT2D eigenvalue weighted by atomic mass is 10.1. The van der Waals surface area contributed by atoms with E-state index < -0.39 is 12.1 Å². The highest BCUT2D eigenvalue weighted by molar-refractivity contribution is 6.31. The predicted octanol–water partition coefficient (Wildman–Crippen LogP) is 3.76. The fourth-order valence-corrected chi connectivity index (χ4v) is 3.61. The molecule has 2 amide bonds. The maximum atomic E-state index is 13.1. The van der Waals surface area contributed by atoms with Crippen molar-refractivity contribution >= 4 is 34.8 Å². The number of aryl methyl sites for hydroxylation is 3. The molecule has 1 saturated heterocycles. The summed E-state index contributed by atoms with van der Waals surface area (Å²) in [6.07, 6.45) is 0. The number of hydrogen-bond donors (Lipinski definition) is 0. The molecule has 0 spiro atoms. The minimum absolute atomic E-state index is 0.327. The zero-order valence-corrected chi connectivity index (χ0v) is 15.4. The van der Waals surface area contributed by atoms with Gasteiger partial charge in [-0.05, 0) is 61.7 Å². The van der Waals surface area contributed by atoms with Crippen molar-refractivity contribution in [2.24, 2.45) is 10.3 Å². The molecular weight excluding hydrogens is 352 g/mol. The fraction of sp³-hybridized carbons (Fsp3) is 0.263. The Bertz CT molecular complexity index is 952. The van der Waals surface area contributed by atoms with Gasteiger partial charge in [0, 0.05) is 5.02 Å². The van der Waals surface area contributed by atoms with Gasteiger partial charge in [0.2, 0.25) is 0 Å². The highest BCUT2D eigenvalue weighted by Gasteiger charge is 2.55. The summed E-state index contributed by atoms with van der Waals surface area (Å²) in [6.45, 7) is 5.76. The average molecular weight is 369 g/mol. The van der Waals surface area contributed by atoms with Crippen molar-refractivity contribution in [2.75, 3.05) is 9.91 Å². The minimum atomic E-state index is -0.830. The zero-order valence-electron chi connectivity index (χ0n) is 14.6. The number of amides is 2. The van der Waals surface area contributed by atoms with Gasteiger partial charge in [0.05, 0.1) is 11.4 Å². The van der Waals surface area contributed by atoms with Crippen LogP contribution in [0, 0.1) is 20.8 Å². The van der Waals surface area contributed by atoms with Crippen LogP contribution in [-0.2, 0) is 9.59 Å². The third-order valence-corrected chi connectivity index (χ3v) is 5.07. The minimum Gasteiger partial charge on any atom is -0.271 e. The van der Waals surface area contributed by atoms with Gasteiger partial charge in [-0.1, -0.05) is 29.0 Å². The van der Waals surface area contributed by atoms with Crippen molar-refractivity contribution < 1.29 is 9.59 Å². The Morgan fingerprint density at radius 2 is 1.62 bits per heavy atom. The van der Waals surface area contributed by atoms with Gasteiger partial charge in [0.25, 0.3) is 11.8 Å². The third kappa shape index (κ3) is 2.49. The van der Waals surface area contributed by atoms with Crippen LogP contribution >= 0.6 is 11.6 Å². The molecule has 0 N–H and O–H groups in total. The van der Waals surface area contributed by atoms with Crippen molar-refractivity contribution in [3.63, 3.8) is 0 Å². The van der Waals surface area contributed by atoms with Gasteiger partial charge in [-0.25, -0.2) is 9.91 Å². The number of rotatable bonds is 2. The van der Waals surface area contributed by atoms with Crippen LogP contribution in [0.5, 0.6) is 0 Å². The average Bonchev–Trinajstić information content (AvgIpc) is 3.10. The Labute approximate surface area is 156 Å². The SMILES string of the molecule is Cc1cc(C)cc(N2C(=O)C3N=NN(c4ccc(C)c(Cl)c4)C3C2=O)c1. The van der Waals surface area contributed by atoms with Gasteiger partial charge in [-0.2, -0.15) is 5.11 Å². The van der Waals surface area contributed by atoms with E-state index in [2.05, 4.69) is 10.3 Å². The van der Waals surface area contributed by atoms with E-state index >= 15 is 0 Å². The molecule has 4 rings (SSSR count). The Kier molecular flexibility index (Phi) is 3.80. The standard InChI is InChI=1S/C19H17ClN4O2/c1-10-6-11(2)8-14(7-10)23-18(25)16-17(19(23)26)24(22-21-16)13-5-4-12(3)15(20)9-13/h4-9,16-17H,1-3H3. The summed E-state index contributed by atoms with van der Waals surface area (Å²) in [4.78, 5) is 27.1. The Hall–Kier alpha value is -2.73. The number of carbonyl (C=O) groups is 2. The second-order valence-corrected chi connectivity index (χ2v) is 7.14. The lowest BCUT2D eigenvalue weighted by Crippen LogP contribution is -2.40. The second-order valence-electron chi connectivity index (χ2n) is 6.73. The number of benzene rings is 2. The molecule has 0 radical (unpaired) electrons. The molecule has 2 heterocycles. The summed E-state index contributed by atoms with van der Waals surface area (Å²) in [7, 11) is 0. The van der Waals surface area contributed by atoms with E-state index in [4.69, 9.17) is 11.6 Å². The summed E-state index contributed by atoms with van der Waals surface area (Å²) >= 11 is 6.20. The van der Waals surface area contributed by atoms with Gasteiger partial charge in [0.1, 0.15) is 0 Å². The van der Waals surface area contributed by atoms with Crippen LogP contribution in [0.15, 0.2) is 46.7 Å². The predicted molar refractivity (Wildman–Crippen MR) is 99.5 cm³/mol. The van der Waals surface area contributed by atoms with Gasteiger partial charge >= 0.3 is 0 Å². The molecule has 2 unspecified atom stereocenters. The van der Waals surface area contributed by atoms with E-state index in [1.54, 1.807) is 6.07 Å². The molecule has 132 valence electrons. The molecule has 0 saturated carbocycles. The van der Waals surface area contributed by atoms with Crippen LogP contribution in [0.25, 0.3) is 0 Å². The lowest BCUT2D eigenvalue weighted by Gasteiger charge is -2.21. The second kappa shape index (κ2) is 5.92. The highest BCUT2D eigenvalue weighted by atomic mass is 35.5. The van der Waals surface area contributed by atoms with Crippen LogP contribution in [0.2, 0.25) is 5.02 Å². The van der Waals surface area contributed by atoms with E-state index in [1.807, 2.05) is 51.1 Å². The quantitative estimate of drug-likeness (QED) is 0.758. The summed E-state index contributed by atoms with van der Waals surface area (Å²) in [6, 6.07) is 9.45. The molecular formula is C19H17ClN4O2. The normalized spacial score (nSPS) is 21.7. The molecule has 26 heavy (non-hydrogen) atoms. The molecule has 0 bridgehead atoms. The molecule has 6 nitrogen and oxygen atoms in total. The number of hydrogen-bond acceptors (Lipinski definition) is 5. The van der Waals surface area contributed by atoms with Crippen molar-refractivity contribution in [1.82, 2.24) is 0 Å². The molecule has 0 aromatic heterocycles. The van der Waals surface area contributed by atoms with E-state index in [0.29, 0.717) is 16.4 Å². The number of nitrogens with zero attached hydrogens (tertiary/aromatic N) is 4. The van der Waals surface area contributed by atoms with Crippen LogP contribution < -0.4 is 9.91 Å². The summed E-state index contributed by atoms with van der Waals surface area (Å²) in [5.41, 5.74) is 4.11. The number of halogens is 1. The van der Waals surface area contributed by atoms with Crippen molar-refractivity contribution in [1.29, 1.82) is 0 Å². The van der Waals surface area contributed by atoms with E-state index in [9.17, 15) is 9.59 Å². The molecule has 2 aliphatic rings. The molecule has 2 aliphatic heterocycles. The molecule has 2 atom stereocenters. The fourth-order valence-electron chi connectivity index (χ4n) is 3.43. The first-order chi connectivity index (χ1) is 12.4. The smallest absolute Gasteiger partial charge is 0.263 e. The van der Waals surface area contributed by atoms with E-state index in [0.717, 1.165) is 16.7 Å². The Morgan fingerprint density at radius 3 is 2.27 bits per heavy atom. The van der Waals surface area contributed by atoms with Crippen LogP contribution in [0.4, 0.5) is 11.4 Å². The number of carbonyl (C=O) groups excluding carboxylic acids is 2. The maximum absolute atomic E-state index is 13.1. The summed E-state index contributed by atoms with van der Waals surface area (Å²) in [5, 5.41) is 10.2.